The first-order valence-corrected chi connectivity index (χ1v) is 9.33. The highest BCUT2D eigenvalue weighted by atomic mass is 35.5. The Hall–Kier alpha value is -2.05. The minimum Gasteiger partial charge on any atom is -0.408 e. The van der Waals surface area contributed by atoms with Gasteiger partial charge in [0.05, 0.1) is 11.6 Å². The summed E-state index contributed by atoms with van der Waals surface area (Å²) in [6, 6.07) is 8.99. The molecule has 25 heavy (non-hydrogen) atoms. The van der Waals surface area contributed by atoms with Gasteiger partial charge in [0, 0.05) is 28.9 Å². The van der Waals surface area contributed by atoms with Crippen molar-refractivity contribution >= 4 is 39.9 Å². The average Bonchev–Trinajstić information content (AvgIpc) is 3.17. The van der Waals surface area contributed by atoms with Crippen LogP contribution in [0.25, 0.3) is 11.1 Å². The number of carbonyl (C=O) groups excluding carboxylic acids is 1. The molecule has 0 fully saturated rings. The van der Waals surface area contributed by atoms with Crippen LogP contribution in [0.3, 0.4) is 0 Å². The van der Waals surface area contributed by atoms with Gasteiger partial charge >= 0.3 is 5.76 Å². The van der Waals surface area contributed by atoms with Crippen molar-refractivity contribution in [2.45, 2.75) is 32.9 Å². The highest BCUT2D eigenvalue weighted by Gasteiger charge is 2.19. The number of halogens is 1. The third kappa shape index (κ3) is 3.96. The number of aromatic nitrogens is 1. The maximum Gasteiger partial charge on any atom is 0.419 e. The summed E-state index contributed by atoms with van der Waals surface area (Å²) < 4.78 is 6.64. The number of rotatable bonds is 6. The van der Waals surface area contributed by atoms with E-state index in [1.54, 1.807) is 29.5 Å². The highest BCUT2D eigenvalue weighted by molar-refractivity contribution is 7.10. The summed E-state index contributed by atoms with van der Waals surface area (Å²) in [5.41, 5.74) is 1.07. The number of hydrogen-bond donors (Lipinski definition) is 1. The molecule has 0 aliphatic heterocycles. The Morgan fingerprint density at radius 1 is 1.36 bits per heavy atom. The molecule has 0 saturated carbocycles. The van der Waals surface area contributed by atoms with Crippen molar-refractivity contribution in [1.82, 2.24) is 9.88 Å². The molecule has 5 nitrogen and oxygen atoms in total. The van der Waals surface area contributed by atoms with E-state index in [-0.39, 0.29) is 30.8 Å². The van der Waals surface area contributed by atoms with Gasteiger partial charge in [-0.3, -0.25) is 9.36 Å². The number of oxazole rings is 1. The van der Waals surface area contributed by atoms with Gasteiger partial charge in [-0.1, -0.05) is 31.5 Å². The average molecular weight is 379 g/mol. The van der Waals surface area contributed by atoms with Gasteiger partial charge < -0.3 is 9.73 Å². The van der Waals surface area contributed by atoms with Crippen LogP contribution in [0.2, 0.25) is 5.02 Å². The quantitative estimate of drug-likeness (QED) is 0.698. The van der Waals surface area contributed by atoms with Crippen molar-refractivity contribution in [2.24, 2.45) is 5.92 Å². The molecule has 2 aromatic heterocycles. The lowest BCUT2D eigenvalue weighted by Crippen LogP contribution is -2.32. The molecule has 1 amide bonds. The zero-order valence-corrected chi connectivity index (χ0v) is 15.6. The Labute approximate surface area is 154 Å². The van der Waals surface area contributed by atoms with E-state index in [0.717, 1.165) is 4.88 Å². The molecule has 0 bridgehead atoms. The van der Waals surface area contributed by atoms with Crippen LogP contribution in [0.15, 0.2) is 44.9 Å². The molecule has 0 radical (unpaired) electrons. The summed E-state index contributed by atoms with van der Waals surface area (Å²) in [5, 5.41) is 5.56. The molecule has 7 heteroatoms. The number of thiophene rings is 1. The van der Waals surface area contributed by atoms with E-state index in [4.69, 9.17) is 16.0 Å². The summed E-state index contributed by atoms with van der Waals surface area (Å²) >= 11 is 7.53. The van der Waals surface area contributed by atoms with Gasteiger partial charge in [0.25, 0.3) is 0 Å². The zero-order chi connectivity index (χ0) is 18.0. The van der Waals surface area contributed by atoms with E-state index >= 15 is 0 Å². The number of fused-ring (bicyclic) bond motifs is 1. The van der Waals surface area contributed by atoms with Gasteiger partial charge in [0.1, 0.15) is 0 Å². The normalized spacial score (nSPS) is 12.6. The van der Waals surface area contributed by atoms with E-state index in [0.29, 0.717) is 16.1 Å². The standard InChI is InChI=1S/C18H19ClN2O3S/c1-11(2)17(15-4-3-9-25-15)20-16(22)7-8-21-13-6-5-12(19)10-14(13)24-18(21)23/h3-6,9-11,17H,7-8H2,1-2H3,(H,20,22)/t17-/m0/s1. The van der Waals surface area contributed by atoms with E-state index < -0.39 is 5.76 Å². The molecular weight excluding hydrogens is 360 g/mol. The molecule has 1 atom stereocenters. The molecule has 0 unspecified atom stereocenters. The molecule has 2 heterocycles. The fourth-order valence-electron chi connectivity index (χ4n) is 2.75. The minimum absolute atomic E-state index is 0.0240. The van der Waals surface area contributed by atoms with E-state index in [1.807, 2.05) is 17.5 Å². The summed E-state index contributed by atoms with van der Waals surface area (Å²) in [4.78, 5) is 25.5. The summed E-state index contributed by atoms with van der Waals surface area (Å²) in [5.74, 6) is -0.298. The summed E-state index contributed by atoms with van der Waals surface area (Å²) in [6.07, 6.45) is 0.200. The topological polar surface area (TPSA) is 64.2 Å². The van der Waals surface area contributed by atoms with Gasteiger partial charge in [-0.25, -0.2) is 4.79 Å². The van der Waals surface area contributed by atoms with Crippen molar-refractivity contribution in [3.63, 3.8) is 0 Å². The molecule has 0 aliphatic rings. The maximum absolute atomic E-state index is 12.4. The van der Waals surface area contributed by atoms with Crippen LogP contribution in [-0.2, 0) is 11.3 Å². The summed E-state index contributed by atoms with van der Waals surface area (Å²) in [6.45, 7) is 4.40. The van der Waals surface area contributed by atoms with Gasteiger partial charge in [0.2, 0.25) is 5.91 Å². The van der Waals surface area contributed by atoms with Crippen LogP contribution in [-0.4, -0.2) is 10.5 Å². The van der Waals surface area contributed by atoms with Crippen LogP contribution >= 0.6 is 22.9 Å². The van der Waals surface area contributed by atoms with Crippen molar-refractivity contribution in [3.8, 4) is 0 Å². The Kier molecular flexibility index (Phi) is 5.30. The Morgan fingerprint density at radius 2 is 2.16 bits per heavy atom. The number of nitrogens with zero attached hydrogens (tertiary/aromatic N) is 1. The predicted octanol–water partition coefficient (Wildman–Crippen LogP) is 4.21. The van der Waals surface area contributed by atoms with E-state index in [2.05, 4.69) is 19.2 Å². The first-order chi connectivity index (χ1) is 12.0. The molecule has 1 aromatic carbocycles. The van der Waals surface area contributed by atoms with Gasteiger partial charge in [-0.15, -0.1) is 11.3 Å². The first kappa shape index (κ1) is 17.8. The fraction of sp³-hybridized carbons (Fsp3) is 0.333. The smallest absolute Gasteiger partial charge is 0.408 e. The van der Waals surface area contributed by atoms with Crippen LogP contribution < -0.4 is 11.1 Å². The van der Waals surface area contributed by atoms with Gasteiger partial charge in [0.15, 0.2) is 5.58 Å². The first-order valence-electron chi connectivity index (χ1n) is 8.07. The van der Waals surface area contributed by atoms with Crippen molar-refractivity contribution in [3.05, 3.63) is 56.2 Å². The highest BCUT2D eigenvalue weighted by Crippen LogP contribution is 2.26. The largest absolute Gasteiger partial charge is 0.419 e. The van der Waals surface area contributed by atoms with Crippen molar-refractivity contribution in [1.29, 1.82) is 0 Å². The monoisotopic (exact) mass is 378 g/mol. The van der Waals surface area contributed by atoms with Gasteiger partial charge in [-0.05, 0) is 29.5 Å². The lowest BCUT2D eigenvalue weighted by atomic mass is 10.0. The minimum atomic E-state index is -0.483. The molecule has 1 N–H and O–H groups in total. The Balaban J connectivity index is 1.70. The molecule has 0 spiro atoms. The van der Waals surface area contributed by atoms with Crippen LogP contribution in [0, 0.1) is 5.92 Å². The molecule has 3 aromatic rings. The SMILES string of the molecule is CC(C)[C@H](NC(=O)CCn1c(=O)oc2cc(Cl)ccc21)c1cccs1. The van der Waals surface area contributed by atoms with Crippen LogP contribution in [0.1, 0.15) is 31.2 Å². The second-order valence-electron chi connectivity index (χ2n) is 6.19. The summed E-state index contributed by atoms with van der Waals surface area (Å²) in [7, 11) is 0. The second kappa shape index (κ2) is 7.45. The molecule has 3 rings (SSSR count). The predicted molar refractivity (Wildman–Crippen MR) is 100 cm³/mol. The van der Waals surface area contributed by atoms with E-state index in [1.165, 1.54) is 4.57 Å². The lowest BCUT2D eigenvalue weighted by Gasteiger charge is -2.21. The molecule has 0 saturated heterocycles. The fourth-order valence-corrected chi connectivity index (χ4v) is 3.86. The molecule has 132 valence electrons. The maximum atomic E-state index is 12.4. The Morgan fingerprint density at radius 3 is 2.84 bits per heavy atom. The zero-order valence-electron chi connectivity index (χ0n) is 14.0. The molecular formula is C18H19ClN2O3S. The lowest BCUT2D eigenvalue weighted by molar-refractivity contribution is -0.122. The van der Waals surface area contributed by atoms with Crippen molar-refractivity contribution < 1.29 is 9.21 Å². The number of aryl methyl sites for hydroxylation is 1. The van der Waals surface area contributed by atoms with Crippen LogP contribution in [0.5, 0.6) is 0 Å². The third-order valence-corrected chi connectivity index (χ3v) is 5.22. The second-order valence-corrected chi connectivity index (χ2v) is 7.60. The number of carbonyl (C=O) groups is 1. The number of nitrogens with one attached hydrogen (secondary N) is 1. The van der Waals surface area contributed by atoms with Crippen molar-refractivity contribution in [2.75, 3.05) is 0 Å². The third-order valence-electron chi connectivity index (χ3n) is 4.03. The van der Waals surface area contributed by atoms with Crippen LogP contribution in [0.4, 0.5) is 0 Å². The molecule has 0 aliphatic carbocycles. The number of amides is 1. The van der Waals surface area contributed by atoms with E-state index in [9.17, 15) is 9.59 Å². The Bertz CT molecular complexity index is 928. The van der Waals surface area contributed by atoms with Gasteiger partial charge in [-0.2, -0.15) is 0 Å². The number of hydrogen-bond acceptors (Lipinski definition) is 4. The number of benzene rings is 1.